The van der Waals surface area contributed by atoms with Crippen LogP contribution in [-0.4, -0.2) is 17.0 Å². The van der Waals surface area contributed by atoms with Gasteiger partial charge >= 0.3 is 0 Å². The lowest BCUT2D eigenvalue weighted by Gasteiger charge is -2.15. The van der Waals surface area contributed by atoms with Crippen LogP contribution in [0.4, 0.5) is 0 Å². The molecule has 0 unspecified atom stereocenters. The minimum absolute atomic E-state index is 0.0175. The number of Topliss-reactive ketones (excluding diaryl/α,β-unsaturated/α-hetero) is 1. The minimum Gasteiger partial charge on any atom is -0.393 e. The molecular weight excluding hydrogens is 224 g/mol. The van der Waals surface area contributed by atoms with Crippen molar-refractivity contribution in [2.45, 2.75) is 51.6 Å². The van der Waals surface area contributed by atoms with E-state index in [9.17, 15) is 9.90 Å². The molecule has 18 heavy (non-hydrogen) atoms. The number of ketones is 1. The molecule has 1 aromatic rings. The molecule has 0 radical (unpaired) electrons. The fourth-order valence-corrected chi connectivity index (χ4v) is 2.74. The van der Waals surface area contributed by atoms with E-state index in [2.05, 4.69) is 12.1 Å². The Hall–Kier alpha value is -1.15. The molecule has 0 aromatic heterocycles. The summed E-state index contributed by atoms with van der Waals surface area (Å²) in [6.45, 7) is 3.57. The van der Waals surface area contributed by atoms with E-state index in [1.165, 1.54) is 5.56 Å². The van der Waals surface area contributed by atoms with Crippen molar-refractivity contribution in [1.29, 1.82) is 0 Å². The van der Waals surface area contributed by atoms with Crippen LogP contribution in [-0.2, 0) is 11.2 Å². The zero-order valence-corrected chi connectivity index (χ0v) is 11.2. The van der Waals surface area contributed by atoms with Crippen molar-refractivity contribution >= 4 is 5.78 Å². The van der Waals surface area contributed by atoms with Crippen LogP contribution in [0.25, 0.3) is 0 Å². The SMILES string of the molecule is CC(=O)[C@@H](C)c1ccc(C[C@H]2CCC[C@@H]2O)cc1. The van der Waals surface area contributed by atoms with Gasteiger partial charge in [-0.15, -0.1) is 0 Å². The molecule has 1 fully saturated rings. The van der Waals surface area contributed by atoms with Crippen LogP contribution in [0.5, 0.6) is 0 Å². The number of hydrogen-bond donors (Lipinski definition) is 1. The van der Waals surface area contributed by atoms with Crippen LogP contribution in [0.15, 0.2) is 24.3 Å². The number of hydrogen-bond acceptors (Lipinski definition) is 2. The van der Waals surface area contributed by atoms with Gasteiger partial charge in [-0.05, 0) is 43.2 Å². The van der Waals surface area contributed by atoms with E-state index < -0.39 is 0 Å². The molecule has 1 aliphatic carbocycles. The Morgan fingerprint density at radius 1 is 1.33 bits per heavy atom. The lowest BCUT2D eigenvalue weighted by molar-refractivity contribution is -0.118. The predicted octanol–water partition coefficient (Wildman–Crippen LogP) is 3.08. The van der Waals surface area contributed by atoms with E-state index in [4.69, 9.17) is 0 Å². The van der Waals surface area contributed by atoms with Gasteiger partial charge in [-0.2, -0.15) is 0 Å². The zero-order chi connectivity index (χ0) is 13.1. The Morgan fingerprint density at radius 3 is 2.50 bits per heavy atom. The van der Waals surface area contributed by atoms with Gasteiger partial charge in [0.05, 0.1) is 6.10 Å². The van der Waals surface area contributed by atoms with Gasteiger partial charge in [-0.1, -0.05) is 37.6 Å². The normalized spacial score (nSPS) is 25.1. The lowest BCUT2D eigenvalue weighted by Crippen LogP contribution is -2.15. The molecule has 0 spiro atoms. The highest BCUT2D eigenvalue weighted by atomic mass is 16.3. The molecule has 1 aliphatic rings. The summed E-state index contributed by atoms with van der Waals surface area (Å²) in [6.07, 6.45) is 4.05. The van der Waals surface area contributed by atoms with Crippen molar-refractivity contribution < 1.29 is 9.90 Å². The van der Waals surface area contributed by atoms with E-state index in [-0.39, 0.29) is 17.8 Å². The van der Waals surface area contributed by atoms with Gasteiger partial charge in [0.2, 0.25) is 0 Å². The van der Waals surface area contributed by atoms with Crippen LogP contribution in [0.3, 0.4) is 0 Å². The molecule has 0 saturated heterocycles. The summed E-state index contributed by atoms with van der Waals surface area (Å²) < 4.78 is 0. The molecule has 0 heterocycles. The van der Waals surface area contributed by atoms with E-state index in [1.54, 1.807) is 6.92 Å². The molecule has 98 valence electrons. The van der Waals surface area contributed by atoms with Gasteiger partial charge in [0.15, 0.2) is 0 Å². The first-order valence-corrected chi connectivity index (χ1v) is 6.85. The maximum Gasteiger partial charge on any atom is 0.136 e. The van der Waals surface area contributed by atoms with E-state index in [0.29, 0.717) is 5.92 Å². The van der Waals surface area contributed by atoms with Crippen LogP contribution in [0.2, 0.25) is 0 Å². The van der Waals surface area contributed by atoms with E-state index >= 15 is 0 Å². The highest BCUT2D eigenvalue weighted by Gasteiger charge is 2.25. The first-order chi connectivity index (χ1) is 8.58. The van der Waals surface area contributed by atoms with Gasteiger partial charge in [0.1, 0.15) is 5.78 Å². The van der Waals surface area contributed by atoms with Gasteiger partial charge in [-0.3, -0.25) is 4.79 Å². The summed E-state index contributed by atoms with van der Waals surface area (Å²) in [6, 6.07) is 8.28. The average Bonchev–Trinajstić information content (AvgIpc) is 2.75. The van der Waals surface area contributed by atoms with Crippen molar-refractivity contribution in [2.24, 2.45) is 5.92 Å². The molecule has 1 aromatic carbocycles. The minimum atomic E-state index is -0.124. The number of rotatable bonds is 4. The molecule has 1 N–H and O–H groups in total. The molecule has 2 heteroatoms. The van der Waals surface area contributed by atoms with Gasteiger partial charge in [-0.25, -0.2) is 0 Å². The van der Waals surface area contributed by atoms with Crippen LogP contribution in [0.1, 0.15) is 50.2 Å². The Morgan fingerprint density at radius 2 is 2.00 bits per heavy atom. The third-order valence-corrected chi connectivity index (χ3v) is 4.21. The third kappa shape index (κ3) is 2.99. The highest BCUT2D eigenvalue weighted by molar-refractivity contribution is 5.82. The second kappa shape index (κ2) is 5.66. The smallest absolute Gasteiger partial charge is 0.136 e. The number of aliphatic hydroxyl groups excluding tert-OH is 1. The number of benzene rings is 1. The fraction of sp³-hybridized carbons (Fsp3) is 0.562. The zero-order valence-electron chi connectivity index (χ0n) is 11.2. The quantitative estimate of drug-likeness (QED) is 0.886. The summed E-state index contributed by atoms with van der Waals surface area (Å²) >= 11 is 0. The predicted molar refractivity (Wildman–Crippen MR) is 72.6 cm³/mol. The Bertz CT molecular complexity index is 408. The Kier molecular flexibility index (Phi) is 4.18. The number of aliphatic hydroxyl groups is 1. The highest BCUT2D eigenvalue weighted by Crippen LogP contribution is 2.29. The molecule has 2 nitrogen and oxygen atoms in total. The summed E-state index contributed by atoms with van der Waals surface area (Å²) in [5.74, 6) is 0.603. The second-order valence-electron chi connectivity index (χ2n) is 5.54. The van der Waals surface area contributed by atoms with E-state index in [1.807, 2.05) is 19.1 Å². The third-order valence-electron chi connectivity index (χ3n) is 4.21. The van der Waals surface area contributed by atoms with Gasteiger partial charge < -0.3 is 5.11 Å². The van der Waals surface area contributed by atoms with E-state index in [0.717, 1.165) is 31.2 Å². The molecule has 0 amide bonds. The molecule has 1 saturated carbocycles. The largest absolute Gasteiger partial charge is 0.393 e. The van der Waals surface area contributed by atoms with Crippen LogP contribution < -0.4 is 0 Å². The molecule has 3 atom stereocenters. The Balaban J connectivity index is 2.01. The molecular formula is C16H22O2. The van der Waals surface area contributed by atoms with Crippen molar-refractivity contribution in [1.82, 2.24) is 0 Å². The molecule has 0 aliphatic heterocycles. The second-order valence-corrected chi connectivity index (χ2v) is 5.54. The Labute approximate surface area is 109 Å². The first kappa shape index (κ1) is 13.3. The summed E-state index contributed by atoms with van der Waals surface area (Å²) in [7, 11) is 0. The first-order valence-electron chi connectivity index (χ1n) is 6.85. The molecule has 0 bridgehead atoms. The monoisotopic (exact) mass is 246 g/mol. The van der Waals surface area contributed by atoms with Crippen LogP contribution in [0, 0.1) is 5.92 Å². The summed E-state index contributed by atoms with van der Waals surface area (Å²) in [5, 5.41) is 9.82. The van der Waals surface area contributed by atoms with Gasteiger partial charge in [0, 0.05) is 5.92 Å². The lowest BCUT2D eigenvalue weighted by atomic mass is 9.92. The maximum absolute atomic E-state index is 11.3. The van der Waals surface area contributed by atoms with Crippen molar-refractivity contribution in [3.63, 3.8) is 0 Å². The number of carbonyl (C=O) groups is 1. The van der Waals surface area contributed by atoms with Crippen LogP contribution >= 0.6 is 0 Å². The fourth-order valence-electron chi connectivity index (χ4n) is 2.74. The van der Waals surface area contributed by atoms with Crippen molar-refractivity contribution in [3.8, 4) is 0 Å². The topological polar surface area (TPSA) is 37.3 Å². The van der Waals surface area contributed by atoms with Crippen molar-refractivity contribution in [3.05, 3.63) is 35.4 Å². The average molecular weight is 246 g/mol. The van der Waals surface area contributed by atoms with Gasteiger partial charge in [0.25, 0.3) is 0 Å². The summed E-state index contributed by atoms with van der Waals surface area (Å²) in [4.78, 5) is 11.3. The number of carbonyl (C=O) groups excluding carboxylic acids is 1. The van der Waals surface area contributed by atoms with Crippen molar-refractivity contribution in [2.75, 3.05) is 0 Å². The molecule has 2 rings (SSSR count). The maximum atomic E-state index is 11.3. The standard InChI is InChI=1S/C16H22O2/c1-11(12(2)17)14-8-6-13(7-9-14)10-15-4-3-5-16(15)18/h6-9,11,15-16,18H,3-5,10H2,1-2H3/t11-,15-,16+/m1/s1. The summed E-state index contributed by atoms with van der Waals surface area (Å²) in [5.41, 5.74) is 2.35.